The lowest BCUT2D eigenvalue weighted by Crippen LogP contribution is -2.39. The number of benzene rings is 1. The Morgan fingerprint density at radius 2 is 2.11 bits per heavy atom. The third kappa shape index (κ3) is 2.80. The first-order valence-corrected chi connectivity index (χ1v) is 7.23. The molecule has 3 N–H and O–H groups in total. The van der Waals surface area contributed by atoms with Gasteiger partial charge < -0.3 is 4.57 Å². The highest BCUT2D eigenvalue weighted by Crippen LogP contribution is 2.29. The summed E-state index contributed by atoms with van der Waals surface area (Å²) in [6.45, 7) is 0.896. The van der Waals surface area contributed by atoms with Crippen LogP contribution in [0.15, 0.2) is 30.6 Å². The molecular formula is C15H22N4. The summed E-state index contributed by atoms with van der Waals surface area (Å²) in [4.78, 5) is 4.43. The topological polar surface area (TPSA) is 55.9 Å². The molecule has 0 bridgehead atoms. The summed E-state index contributed by atoms with van der Waals surface area (Å²) < 4.78 is 2.20. The second-order valence-corrected chi connectivity index (χ2v) is 5.64. The van der Waals surface area contributed by atoms with Gasteiger partial charge in [-0.2, -0.15) is 0 Å². The van der Waals surface area contributed by atoms with Crippen molar-refractivity contribution in [3.05, 3.63) is 30.6 Å². The van der Waals surface area contributed by atoms with Crippen molar-refractivity contribution in [1.29, 1.82) is 0 Å². The van der Waals surface area contributed by atoms with Crippen molar-refractivity contribution in [2.75, 3.05) is 0 Å². The standard InChI is InChI=1S/C15H22N4/c16-18-13(9-12-5-1-2-6-12)10-19-11-17-14-7-3-4-8-15(14)19/h3-4,7-8,11-13,18H,1-2,5-6,9-10,16H2. The Morgan fingerprint density at radius 3 is 2.89 bits per heavy atom. The van der Waals surface area contributed by atoms with E-state index >= 15 is 0 Å². The Bertz CT molecular complexity index is 528. The average molecular weight is 258 g/mol. The zero-order valence-corrected chi connectivity index (χ0v) is 11.3. The quantitative estimate of drug-likeness (QED) is 0.640. The first kappa shape index (κ1) is 12.6. The van der Waals surface area contributed by atoms with Gasteiger partial charge in [0.2, 0.25) is 0 Å². The summed E-state index contributed by atoms with van der Waals surface area (Å²) in [6.07, 6.45) is 8.59. The van der Waals surface area contributed by atoms with E-state index in [-0.39, 0.29) is 0 Å². The molecular weight excluding hydrogens is 236 g/mol. The van der Waals surface area contributed by atoms with Crippen molar-refractivity contribution in [2.45, 2.75) is 44.7 Å². The van der Waals surface area contributed by atoms with Crippen LogP contribution in [0.5, 0.6) is 0 Å². The maximum absolute atomic E-state index is 5.73. The van der Waals surface area contributed by atoms with Gasteiger partial charge in [-0.25, -0.2) is 4.98 Å². The molecule has 0 amide bonds. The van der Waals surface area contributed by atoms with E-state index in [1.165, 1.54) is 37.6 Å². The summed E-state index contributed by atoms with van der Waals surface area (Å²) in [5.74, 6) is 6.57. The number of rotatable bonds is 5. The number of hydrazine groups is 1. The van der Waals surface area contributed by atoms with E-state index in [1.807, 2.05) is 18.5 Å². The Kier molecular flexibility index (Phi) is 3.80. The van der Waals surface area contributed by atoms with Gasteiger partial charge in [0.1, 0.15) is 0 Å². The monoisotopic (exact) mass is 258 g/mol. The van der Waals surface area contributed by atoms with E-state index in [2.05, 4.69) is 27.1 Å². The lowest BCUT2D eigenvalue weighted by molar-refractivity contribution is 0.360. The Hall–Kier alpha value is -1.39. The van der Waals surface area contributed by atoms with Crippen LogP contribution >= 0.6 is 0 Å². The van der Waals surface area contributed by atoms with Gasteiger partial charge in [0.15, 0.2) is 0 Å². The predicted molar refractivity (Wildman–Crippen MR) is 77.4 cm³/mol. The normalized spacial score (nSPS) is 18.2. The molecule has 0 radical (unpaired) electrons. The molecule has 1 unspecified atom stereocenters. The lowest BCUT2D eigenvalue weighted by Gasteiger charge is -2.20. The zero-order chi connectivity index (χ0) is 13.1. The van der Waals surface area contributed by atoms with Crippen LogP contribution in [0.2, 0.25) is 0 Å². The van der Waals surface area contributed by atoms with Gasteiger partial charge in [-0.15, -0.1) is 0 Å². The fourth-order valence-corrected chi connectivity index (χ4v) is 3.24. The van der Waals surface area contributed by atoms with E-state index in [1.54, 1.807) is 0 Å². The number of hydrogen-bond acceptors (Lipinski definition) is 3. The minimum atomic E-state index is 0.334. The van der Waals surface area contributed by atoms with Crippen LogP contribution in [0.1, 0.15) is 32.1 Å². The van der Waals surface area contributed by atoms with E-state index in [0.29, 0.717) is 6.04 Å². The number of aromatic nitrogens is 2. The van der Waals surface area contributed by atoms with Gasteiger partial charge in [-0.05, 0) is 24.5 Å². The van der Waals surface area contributed by atoms with Gasteiger partial charge in [0, 0.05) is 12.6 Å². The molecule has 0 aliphatic heterocycles. The SMILES string of the molecule is NNC(CC1CCCC1)Cn1cnc2ccccc21. The van der Waals surface area contributed by atoms with Crippen LogP contribution in [0.3, 0.4) is 0 Å². The van der Waals surface area contributed by atoms with Crippen LogP contribution in [-0.2, 0) is 6.54 Å². The van der Waals surface area contributed by atoms with Crippen LogP contribution in [0, 0.1) is 5.92 Å². The third-order valence-electron chi connectivity index (χ3n) is 4.27. The van der Waals surface area contributed by atoms with E-state index in [0.717, 1.165) is 18.0 Å². The molecule has 1 aromatic heterocycles. The maximum Gasteiger partial charge on any atom is 0.0958 e. The zero-order valence-electron chi connectivity index (χ0n) is 11.3. The first-order valence-electron chi connectivity index (χ1n) is 7.23. The molecule has 1 atom stereocenters. The van der Waals surface area contributed by atoms with Crippen molar-refractivity contribution in [2.24, 2.45) is 11.8 Å². The summed E-state index contributed by atoms with van der Waals surface area (Å²) >= 11 is 0. The van der Waals surface area contributed by atoms with Crippen LogP contribution in [0.4, 0.5) is 0 Å². The molecule has 1 saturated carbocycles. The molecule has 4 nitrogen and oxygen atoms in total. The number of nitrogens with zero attached hydrogens (tertiary/aromatic N) is 2. The number of para-hydroxylation sites is 2. The molecule has 1 aliphatic carbocycles. The minimum Gasteiger partial charge on any atom is -0.329 e. The molecule has 102 valence electrons. The highest BCUT2D eigenvalue weighted by Gasteiger charge is 2.20. The Balaban J connectivity index is 1.71. The average Bonchev–Trinajstić information content (AvgIpc) is 3.08. The molecule has 4 heteroatoms. The molecule has 1 heterocycles. The molecule has 19 heavy (non-hydrogen) atoms. The van der Waals surface area contributed by atoms with Gasteiger partial charge >= 0.3 is 0 Å². The van der Waals surface area contributed by atoms with Crippen LogP contribution in [-0.4, -0.2) is 15.6 Å². The minimum absolute atomic E-state index is 0.334. The van der Waals surface area contributed by atoms with Crippen molar-refractivity contribution in [3.8, 4) is 0 Å². The summed E-state index contributed by atoms with van der Waals surface area (Å²) in [5, 5.41) is 0. The summed E-state index contributed by atoms with van der Waals surface area (Å²) in [6, 6.07) is 8.58. The number of nitrogens with two attached hydrogens (primary N) is 1. The molecule has 0 saturated heterocycles. The summed E-state index contributed by atoms with van der Waals surface area (Å²) in [5.41, 5.74) is 5.23. The first-order chi connectivity index (χ1) is 9.36. The number of imidazole rings is 1. The fourth-order valence-electron chi connectivity index (χ4n) is 3.24. The van der Waals surface area contributed by atoms with Crippen LogP contribution in [0.25, 0.3) is 11.0 Å². The molecule has 1 aromatic carbocycles. The highest BCUT2D eigenvalue weighted by molar-refractivity contribution is 5.74. The highest BCUT2D eigenvalue weighted by atomic mass is 15.2. The second-order valence-electron chi connectivity index (χ2n) is 5.64. The Morgan fingerprint density at radius 1 is 1.32 bits per heavy atom. The lowest BCUT2D eigenvalue weighted by atomic mass is 9.98. The molecule has 3 rings (SSSR count). The molecule has 1 fully saturated rings. The van der Waals surface area contributed by atoms with Gasteiger partial charge in [0.25, 0.3) is 0 Å². The van der Waals surface area contributed by atoms with Crippen molar-refractivity contribution in [3.63, 3.8) is 0 Å². The third-order valence-corrected chi connectivity index (χ3v) is 4.27. The Labute approximate surface area is 114 Å². The second kappa shape index (κ2) is 5.72. The number of nitrogens with one attached hydrogen (secondary N) is 1. The predicted octanol–water partition coefficient (Wildman–Crippen LogP) is 2.45. The van der Waals surface area contributed by atoms with E-state index < -0.39 is 0 Å². The van der Waals surface area contributed by atoms with Crippen molar-refractivity contribution < 1.29 is 0 Å². The summed E-state index contributed by atoms with van der Waals surface area (Å²) in [7, 11) is 0. The largest absolute Gasteiger partial charge is 0.329 e. The molecule has 2 aromatic rings. The van der Waals surface area contributed by atoms with E-state index in [4.69, 9.17) is 5.84 Å². The fraction of sp³-hybridized carbons (Fsp3) is 0.533. The number of fused-ring (bicyclic) bond motifs is 1. The van der Waals surface area contributed by atoms with Crippen LogP contribution < -0.4 is 11.3 Å². The number of hydrogen-bond donors (Lipinski definition) is 2. The maximum atomic E-state index is 5.73. The van der Waals surface area contributed by atoms with Crippen molar-refractivity contribution >= 4 is 11.0 Å². The smallest absolute Gasteiger partial charge is 0.0958 e. The van der Waals surface area contributed by atoms with E-state index in [9.17, 15) is 0 Å². The van der Waals surface area contributed by atoms with Gasteiger partial charge in [0.05, 0.1) is 17.4 Å². The van der Waals surface area contributed by atoms with Gasteiger partial charge in [-0.1, -0.05) is 37.8 Å². The van der Waals surface area contributed by atoms with Crippen molar-refractivity contribution in [1.82, 2.24) is 15.0 Å². The van der Waals surface area contributed by atoms with Gasteiger partial charge in [-0.3, -0.25) is 11.3 Å². The molecule has 0 spiro atoms. The molecule has 1 aliphatic rings.